The van der Waals surface area contributed by atoms with Crippen LogP contribution in [0.5, 0.6) is 0 Å². The van der Waals surface area contributed by atoms with Gasteiger partial charge in [-0.05, 0) is 54.7 Å². The average Bonchev–Trinajstić information content (AvgIpc) is 3.56. The molecule has 0 saturated carbocycles. The van der Waals surface area contributed by atoms with E-state index in [1.165, 1.54) is 4.68 Å². The number of carbonyl (C=O) groups excluding carboxylic acids is 1. The number of anilines is 1. The van der Waals surface area contributed by atoms with Crippen LogP contribution in [0, 0.1) is 0 Å². The zero-order chi connectivity index (χ0) is 28.7. The Labute approximate surface area is 230 Å². The molecule has 40 heavy (non-hydrogen) atoms. The summed E-state index contributed by atoms with van der Waals surface area (Å²) in [5, 5.41) is 8.66. The largest absolute Gasteiger partial charge is 0.416 e. The number of hydrogen-bond donors (Lipinski definition) is 0. The molecule has 0 bridgehead atoms. The van der Waals surface area contributed by atoms with Crippen LogP contribution < -0.4 is 4.90 Å². The van der Waals surface area contributed by atoms with E-state index in [4.69, 9.17) is 11.6 Å². The lowest BCUT2D eigenvalue weighted by Gasteiger charge is -2.29. The molecular weight excluding hydrogens is 560 g/mol. The molecule has 1 amide bonds. The van der Waals surface area contributed by atoms with E-state index < -0.39 is 35.9 Å². The van der Waals surface area contributed by atoms with Gasteiger partial charge in [-0.15, -0.1) is 5.10 Å². The summed E-state index contributed by atoms with van der Waals surface area (Å²) < 4.78 is 81.9. The Morgan fingerprint density at radius 2 is 1.68 bits per heavy atom. The van der Waals surface area contributed by atoms with E-state index in [-0.39, 0.29) is 29.2 Å². The fourth-order valence-corrected chi connectivity index (χ4v) is 5.46. The van der Waals surface area contributed by atoms with E-state index in [2.05, 4.69) is 10.3 Å². The molecule has 0 radical (unpaired) electrons. The van der Waals surface area contributed by atoms with Gasteiger partial charge in [0.15, 0.2) is 11.5 Å². The van der Waals surface area contributed by atoms with Crippen LogP contribution in [0.1, 0.15) is 58.0 Å². The van der Waals surface area contributed by atoms with E-state index in [1.807, 2.05) is 24.3 Å². The molecule has 2 aromatic carbocycles. The van der Waals surface area contributed by atoms with Crippen LogP contribution in [-0.4, -0.2) is 45.4 Å². The number of likely N-dealkylation sites (tertiary alicyclic amines) is 1. The van der Waals surface area contributed by atoms with Crippen molar-refractivity contribution in [1.82, 2.24) is 19.9 Å². The van der Waals surface area contributed by atoms with Crippen molar-refractivity contribution in [3.63, 3.8) is 0 Å². The Hall–Kier alpha value is -3.54. The molecule has 2 aliphatic heterocycles. The van der Waals surface area contributed by atoms with E-state index in [0.29, 0.717) is 49.6 Å². The number of rotatable bonds is 5. The number of aromatic nitrogens is 3. The molecule has 5 rings (SSSR count). The van der Waals surface area contributed by atoms with Crippen molar-refractivity contribution in [2.45, 2.75) is 44.2 Å². The predicted molar refractivity (Wildman–Crippen MR) is 136 cm³/mol. The fraction of sp³-hybridized carbons (Fsp3) is 0.370. The normalized spacial score (nSPS) is 18.0. The molecule has 3 heterocycles. The van der Waals surface area contributed by atoms with Gasteiger partial charge in [0.1, 0.15) is 0 Å². The van der Waals surface area contributed by atoms with Crippen LogP contribution in [0.25, 0.3) is 0 Å². The Morgan fingerprint density at radius 3 is 2.30 bits per heavy atom. The van der Waals surface area contributed by atoms with Crippen LogP contribution in [0.2, 0.25) is 5.02 Å². The average molecular weight is 584 g/mol. The first kappa shape index (κ1) is 28.0. The maximum Gasteiger partial charge on any atom is 0.416 e. The van der Waals surface area contributed by atoms with Crippen molar-refractivity contribution in [3.8, 4) is 0 Å². The summed E-state index contributed by atoms with van der Waals surface area (Å²) in [7, 11) is 0. The van der Waals surface area contributed by atoms with Crippen LogP contribution in [-0.2, 0) is 18.9 Å². The Bertz CT molecular complexity index is 1400. The molecule has 1 saturated heterocycles. The summed E-state index contributed by atoms with van der Waals surface area (Å²) in [6.45, 7) is 0.826. The summed E-state index contributed by atoms with van der Waals surface area (Å²) in [5.41, 5.74) is -2.34. The van der Waals surface area contributed by atoms with Crippen molar-refractivity contribution < 1.29 is 31.1 Å². The SMILES string of the molecule is O=C(c1nnn(Cc2cc(C(F)(F)F)cc(C(F)(F)F)c2)c1N1CC=CCC1)N1CCCC1c1ccccc1Cl. The van der Waals surface area contributed by atoms with Crippen molar-refractivity contribution in [1.29, 1.82) is 0 Å². The summed E-state index contributed by atoms with van der Waals surface area (Å²) in [6.07, 6.45) is -4.12. The number of hydrogen-bond acceptors (Lipinski definition) is 4. The third-order valence-corrected chi connectivity index (χ3v) is 7.37. The highest BCUT2D eigenvalue weighted by atomic mass is 35.5. The Balaban J connectivity index is 1.54. The van der Waals surface area contributed by atoms with E-state index >= 15 is 0 Å². The molecule has 1 aromatic heterocycles. The third-order valence-electron chi connectivity index (χ3n) is 7.03. The first-order valence-electron chi connectivity index (χ1n) is 12.6. The van der Waals surface area contributed by atoms with Crippen molar-refractivity contribution >= 4 is 23.3 Å². The molecule has 0 N–H and O–H groups in total. The molecule has 0 aliphatic carbocycles. The van der Waals surface area contributed by atoms with Crippen molar-refractivity contribution in [2.75, 3.05) is 24.5 Å². The minimum Gasteiger partial charge on any atom is -0.351 e. The van der Waals surface area contributed by atoms with Crippen LogP contribution >= 0.6 is 11.6 Å². The zero-order valence-electron chi connectivity index (χ0n) is 21.0. The number of alkyl halides is 6. The van der Waals surface area contributed by atoms with Crippen molar-refractivity contribution in [2.24, 2.45) is 0 Å². The Morgan fingerprint density at radius 1 is 0.975 bits per heavy atom. The fourth-order valence-electron chi connectivity index (χ4n) is 5.20. The second-order valence-corrected chi connectivity index (χ2v) is 10.1. The first-order chi connectivity index (χ1) is 18.9. The van der Waals surface area contributed by atoms with Gasteiger partial charge in [0, 0.05) is 24.7 Å². The third kappa shape index (κ3) is 5.67. The number of amides is 1. The zero-order valence-corrected chi connectivity index (χ0v) is 21.8. The molecule has 1 unspecified atom stereocenters. The molecular formula is C27H24ClF6N5O. The molecule has 1 atom stereocenters. The smallest absolute Gasteiger partial charge is 0.351 e. The minimum atomic E-state index is -4.98. The summed E-state index contributed by atoms with van der Waals surface area (Å²) in [4.78, 5) is 17.3. The summed E-state index contributed by atoms with van der Waals surface area (Å²) in [6, 6.07) is 8.30. The van der Waals surface area contributed by atoms with Crippen LogP contribution in [0.4, 0.5) is 32.2 Å². The highest BCUT2D eigenvalue weighted by molar-refractivity contribution is 6.31. The number of carbonyl (C=O) groups is 1. The number of nitrogens with zero attached hydrogens (tertiary/aromatic N) is 5. The molecule has 2 aliphatic rings. The molecule has 3 aromatic rings. The molecule has 212 valence electrons. The van der Waals surface area contributed by atoms with Crippen LogP contribution in [0.3, 0.4) is 0 Å². The lowest BCUT2D eigenvalue weighted by atomic mass is 10.0. The topological polar surface area (TPSA) is 54.3 Å². The highest BCUT2D eigenvalue weighted by Crippen LogP contribution is 2.39. The van der Waals surface area contributed by atoms with Gasteiger partial charge in [-0.1, -0.05) is 47.2 Å². The van der Waals surface area contributed by atoms with Gasteiger partial charge in [-0.3, -0.25) is 4.79 Å². The van der Waals surface area contributed by atoms with Gasteiger partial charge in [0.2, 0.25) is 0 Å². The molecule has 1 fully saturated rings. The van der Waals surface area contributed by atoms with Crippen molar-refractivity contribution in [3.05, 3.63) is 87.6 Å². The lowest BCUT2D eigenvalue weighted by Crippen LogP contribution is -2.35. The second kappa shape index (κ2) is 10.8. The van der Waals surface area contributed by atoms with Gasteiger partial charge in [0.25, 0.3) is 5.91 Å². The quantitative estimate of drug-likeness (QED) is 0.246. The molecule has 6 nitrogen and oxygen atoms in total. The van der Waals surface area contributed by atoms with Gasteiger partial charge in [0.05, 0.1) is 23.7 Å². The van der Waals surface area contributed by atoms with Gasteiger partial charge in [-0.2, -0.15) is 26.3 Å². The van der Waals surface area contributed by atoms with Gasteiger partial charge in [-0.25, -0.2) is 4.68 Å². The first-order valence-corrected chi connectivity index (χ1v) is 13.0. The van der Waals surface area contributed by atoms with Gasteiger partial charge >= 0.3 is 12.4 Å². The Kier molecular flexibility index (Phi) is 7.56. The monoisotopic (exact) mass is 583 g/mol. The minimum absolute atomic E-state index is 0.0164. The maximum absolute atomic E-state index is 13.9. The molecule has 13 heteroatoms. The lowest BCUT2D eigenvalue weighted by molar-refractivity contribution is -0.143. The second-order valence-electron chi connectivity index (χ2n) is 9.72. The van der Waals surface area contributed by atoms with E-state index in [9.17, 15) is 31.1 Å². The number of halogens is 7. The highest BCUT2D eigenvalue weighted by Gasteiger charge is 2.38. The number of benzene rings is 2. The van der Waals surface area contributed by atoms with E-state index in [1.54, 1.807) is 21.9 Å². The summed E-state index contributed by atoms with van der Waals surface area (Å²) in [5.74, 6) is -0.191. The maximum atomic E-state index is 13.9. The standard InChI is InChI=1S/C27H24ClF6N5O/c28-21-8-3-2-7-20(21)22-9-6-12-38(22)25(40)23-24(37-10-4-1-5-11-37)39(36-35-23)16-17-13-18(26(29,30)31)15-19(14-17)27(32,33)34/h1-4,7-8,13-15,22H,5-6,9-12,16H2. The molecule has 0 spiro atoms. The summed E-state index contributed by atoms with van der Waals surface area (Å²) >= 11 is 6.41. The van der Waals surface area contributed by atoms with E-state index in [0.717, 1.165) is 12.0 Å². The van der Waals surface area contributed by atoms with Gasteiger partial charge < -0.3 is 9.80 Å². The van der Waals surface area contributed by atoms with Crippen LogP contribution in [0.15, 0.2) is 54.6 Å². The predicted octanol–water partition coefficient (Wildman–Crippen LogP) is 6.76.